The van der Waals surface area contributed by atoms with E-state index >= 15 is 0 Å². The number of thioether (sulfide) groups is 1. The van der Waals surface area contributed by atoms with E-state index in [9.17, 15) is 5.11 Å². The van der Waals surface area contributed by atoms with Crippen LogP contribution in [0, 0.1) is 0 Å². The van der Waals surface area contributed by atoms with Crippen LogP contribution >= 0.6 is 11.8 Å². The van der Waals surface area contributed by atoms with Gasteiger partial charge in [0, 0.05) is 45.9 Å². The number of hydrogen-bond donors (Lipinski definition) is 6. The normalized spacial score (nSPS) is 11.3. The molecule has 14 heteroatoms. The largest absolute Gasteiger partial charge is 0.385 e. The average Bonchev–Trinajstić information content (AvgIpc) is 3.36. The zero-order chi connectivity index (χ0) is 61.0. The van der Waals surface area contributed by atoms with Crippen LogP contribution in [0.4, 0.5) is 0 Å². The number of hydrogen-bond acceptors (Lipinski definition) is 10. The van der Waals surface area contributed by atoms with Crippen molar-refractivity contribution in [2.45, 2.75) is 178 Å². The molecule has 0 bridgehead atoms. The van der Waals surface area contributed by atoms with Gasteiger partial charge in [0.05, 0.1) is 103 Å². The summed E-state index contributed by atoms with van der Waals surface area (Å²) in [5, 5.41) is 19.0. The lowest BCUT2D eigenvalue weighted by Gasteiger charge is -2.30. The van der Waals surface area contributed by atoms with Crippen LogP contribution in [0.3, 0.4) is 0 Å². The van der Waals surface area contributed by atoms with Gasteiger partial charge < -0.3 is 64.6 Å². The summed E-state index contributed by atoms with van der Waals surface area (Å²) in [7, 11) is 34.5. The highest BCUT2D eigenvalue weighted by molar-refractivity contribution is 7.98. The Hall–Kier alpha value is -0.170. The fourth-order valence-corrected chi connectivity index (χ4v) is 6.48. The predicted molar refractivity (Wildman–Crippen MR) is 354 cm³/mol. The van der Waals surface area contributed by atoms with Gasteiger partial charge in [-0.1, -0.05) is 121 Å². The highest BCUT2D eigenvalue weighted by Crippen LogP contribution is 2.02. The minimum absolute atomic E-state index is 0.336. The number of aliphatic hydroxyl groups excluding tert-OH is 1. The molecule has 0 fully saturated rings. The molecule has 7 N–H and O–H groups in total. The summed E-state index contributed by atoms with van der Waals surface area (Å²) < 4.78 is 8.32. The summed E-state index contributed by atoms with van der Waals surface area (Å²) in [5.41, 5.74) is 5.36. The van der Waals surface area contributed by atoms with Gasteiger partial charge in [-0.05, 0) is 132 Å². The van der Waals surface area contributed by atoms with Gasteiger partial charge in [0.1, 0.15) is 12.6 Å². The highest BCUT2D eigenvalue weighted by atomic mass is 32.2. The molecule has 0 aromatic rings. The SMILES string of the molecule is CC.CCCCN(C)CCN.CCCCN(C)CC[N+](C)(C)C.CCCCNC.CCCCNCCNC.CCCCOCC(O)C[N+](C)(C)C.CCCCSC.CCCC[N+](C)(C)CCN(C)C.CCCC[NH+](C)C. The van der Waals surface area contributed by atoms with Gasteiger partial charge >= 0.3 is 0 Å². The van der Waals surface area contributed by atoms with Crippen molar-refractivity contribution < 1.29 is 28.2 Å². The molecule has 0 aromatic heterocycles. The van der Waals surface area contributed by atoms with Gasteiger partial charge in [0.2, 0.25) is 0 Å². The molecule has 1 unspecified atom stereocenters. The van der Waals surface area contributed by atoms with Gasteiger partial charge in [-0.15, -0.1) is 0 Å². The monoisotopic (exact) mass is 1120 g/mol. The Morgan fingerprint density at radius 2 is 1.00 bits per heavy atom. The van der Waals surface area contributed by atoms with Crippen LogP contribution in [-0.4, -0.2) is 276 Å². The second-order valence-electron chi connectivity index (χ2n) is 23.5. The molecule has 0 heterocycles. The third-order valence-corrected chi connectivity index (χ3v) is 11.9. The highest BCUT2D eigenvalue weighted by Gasteiger charge is 2.15. The van der Waals surface area contributed by atoms with E-state index in [4.69, 9.17) is 10.5 Å². The van der Waals surface area contributed by atoms with Gasteiger partial charge in [0.15, 0.2) is 0 Å². The molecule has 474 valence electrons. The van der Waals surface area contributed by atoms with Crippen LogP contribution < -0.4 is 26.6 Å². The van der Waals surface area contributed by atoms with E-state index < -0.39 is 0 Å². The van der Waals surface area contributed by atoms with E-state index in [0.717, 1.165) is 78.7 Å². The third-order valence-electron chi connectivity index (χ3n) is 11.2. The molecule has 1 atom stereocenters. The van der Waals surface area contributed by atoms with Gasteiger partial charge in [0.25, 0.3) is 0 Å². The number of quaternary nitrogens is 4. The molecule has 0 saturated carbocycles. The Kier molecular flexibility index (Phi) is 98.9. The summed E-state index contributed by atoms with van der Waals surface area (Å²) in [4.78, 5) is 8.50. The second kappa shape index (κ2) is 79.1. The topological polar surface area (TPSA) is 106 Å². The maximum absolute atomic E-state index is 9.54. The molecule has 13 nitrogen and oxygen atoms in total. The Morgan fingerprint density at radius 1 is 0.539 bits per heavy atom. The van der Waals surface area contributed by atoms with E-state index in [2.05, 4.69) is 191 Å². The van der Waals surface area contributed by atoms with Crippen LogP contribution in [0.1, 0.15) is 172 Å². The summed E-state index contributed by atoms with van der Waals surface area (Å²) >= 11 is 1.93. The first-order valence-corrected chi connectivity index (χ1v) is 32.8. The van der Waals surface area contributed by atoms with E-state index in [1.54, 1.807) is 4.90 Å². The fourth-order valence-electron chi connectivity index (χ4n) is 5.90. The molecule has 0 spiro atoms. The summed E-state index contributed by atoms with van der Waals surface area (Å²) in [5.74, 6) is 1.33. The van der Waals surface area contributed by atoms with Crippen molar-refractivity contribution in [3.8, 4) is 0 Å². The van der Waals surface area contributed by atoms with Gasteiger partial charge in [-0.25, -0.2) is 0 Å². The smallest absolute Gasteiger partial charge is 0.126 e. The van der Waals surface area contributed by atoms with Crippen molar-refractivity contribution in [3.05, 3.63) is 0 Å². The molecule has 0 saturated heterocycles. The zero-order valence-corrected chi connectivity index (χ0v) is 59.0. The minimum atomic E-state index is -0.336. The maximum Gasteiger partial charge on any atom is 0.126 e. The Bertz CT molecular complexity index is 905. The molecule has 0 aliphatic carbocycles. The zero-order valence-electron chi connectivity index (χ0n) is 58.1. The number of nitrogens with one attached hydrogen (secondary N) is 4. The van der Waals surface area contributed by atoms with Crippen molar-refractivity contribution in [1.29, 1.82) is 0 Å². The first kappa shape index (κ1) is 95.1. The quantitative estimate of drug-likeness (QED) is 0.0264. The number of aliphatic hydroxyl groups is 1. The van der Waals surface area contributed by atoms with E-state index in [1.807, 2.05) is 39.7 Å². The predicted octanol–water partition coefficient (Wildman–Crippen LogP) is 9.10. The van der Waals surface area contributed by atoms with Crippen LogP contribution in [0.25, 0.3) is 0 Å². The summed E-state index contributed by atoms with van der Waals surface area (Å²) in [6, 6.07) is 0. The number of nitrogens with two attached hydrogens (primary N) is 1. The number of likely N-dealkylation sites (N-methyl/N-ethyl adjacent to an activating group) is 7. The first-order valence-electron chi connectivity index (χ1n) is 31.4. The van der Waals surface area contributed by atoms with E-state index in [1.165, 1.54) is 148 Å². The lowest BCUT2D eigenvalue weighted by molar-refractivity contribution is -0.890. The number of rotatable bonds is 39. The van der Waals surface area contributed by atoms with Gasteiger partial charge in [-0.2, -0.15) is 11.8 Å². The van der Waals surface area contributed by atoms with Crippen molar-refractivity contribution >= 4 is 11.8 Å². The second-order valence-corrected chi connectivity index (χ2v) is 24.5. The first-order chi connectivity index (χ1) is 35.7. The van der Waals surface area contributed by atoms with Crippen molar-refractivity contribution in [2.24, 2.45) is 5.73 Å². The summed E-state index contributed by atoms with van der Waals surface area (Å²) in [6.45, 7) is 39.9. The Balaban J connectivity index is -0.0000000973. The molecule has 0 aliphatic heterocycles. The molecule has 0 aliphatic rings. The van der Waals surface area contributed by atoms with E-state index in [-0.39, 0.29) is 6.10 Å². The lowest BCUT2D eigenvalue weighted by Crippen LogP contribution is -3.05. The van der Waals surface area contributed by atoms with Crippen LogP contribution in [0.5, 0.6) is 0 Å². The Labute approximate surface area is 488 Å². The molecule has 0 rings (SSSR count). The number of nitrogens with zero attached hydrogens (tertiary/aromatic N) is 6. The molecule has 0 radical (unpaired) electrons. The standard InChI is InChI=1S/2C10H25N2.C10H24NO2.2C7H18N2.C6H15N.C5H13N.C5H12S.C2H6/c1-6-7-9-12(4,5)10-8-11(2)3;1-6-7-8-11(2)9-10-12(3,4)5;1-5-6-7-13-9-10(12)8-11(2,3)4;1-3-4-6-9(2)7-5-8;1-3-4-5-9-7-6-8-2;1-4-5-6-7(2)3;2*1-3-4-5-6-2;1-2/h2*6-10H2,1-5H3;10,12H,5-9H2,1-4H3;3-8H2,1-2H3;8-9H,3-7H2,1-2H3;4-6H2,1-3H3;6H,3-5H2,1-2H3;3-5H2,1-2H3;1-2H3/q3*+1;;;;;;/p+1. The third kappa shape index (κ3) is 130. The Morgan fingerprint density at radius 3 is 1.34 bits per heavy atom. The molecule has 76 heavy (non-hydrogen) atoms. The number of unbranched alkanes of at least 4 members (excludes halogenated alkanes) is 8. The van der Waals surface area contributed by atoms with Crippen LogP contribution in [0.15, 0.2) is 0 Å². The van der Waals surface area contributed by atoms with Gasteiger partial charge in [-0.3, -0.25) is 0 Å². The van der Waals surface area contributed by atoms with Crippen molar-refractivity contribution in [3.63, 3.8) is 0 Å². The molecular weight excluding hydrogens is 963 g/mol. The van der Waals surface area contributed by atoms with Crippen LogP contribution in [-0.2, 0) is 4.74 Å². The molecule has 0 aromatic carbocycles. The molecular formula is C62H157N11O2S+4. The fraction of sp³-hybridized carbons (Fsp3) is 1.00. The minimum Gasteiger partial charge on any atom is -0.385 e. The maximum atomic E-state index is 9.54. The van der Waals surface area contributed by atoms with Crippen molar-refractivity contribution in [2.75, 3.05) is 236 Å². The average molecular weight is 1120 g/mol. The number of ether oxygens (including phenoxy) is 1. The summed E-state index contributed by atoms with van der Waals surface area (Å²) in [6.07, 6.45) is 22.5. The molecule has 0 amide bonds. The van der Waals surface area contributed by atoms with E-state index in [0.29, 0.717) is 6.61 Å². The van der Waals surface area contributed by atoms with Crippen LogP contribution in [0.2, 0.25) is 0 Å². The lowest BCUT2D eigenvalue weighted by atomic mass is 10.3. The van der Waals surface area contributed by atoms with Crippen molar-refractivity contribution in [1.82, 2.24) is 30.7 Å².